The van der Waals surface area contributed by atoms with E-state index in [0.29, 0.717) is 38.8 Å². The van der Waals surface area contributed by atoms with Crippen molar-refractivity contribution in [3.05, 3.63) is 12.2 Å². The molecule has 2 rings (SSSR count). The third-order valence-corrected chi connectivity index (χ3v) is 6.53. The second-order valence-electron chi connectivity index (χ2n) is 9.40. The minimum Gasteiger partial charge on any atom is -0.368 e. The van der Waals surface area contributed by atoms with E-state index >= 15 is 0 Å². The second-order valence-corrected chi connectivity index (χ2v) is 9.40. The van der Waals surface area contributed by atoms with E-state index in [1.165, 1.54) is 17.1 Å². The van der Waals surface area contributed by atoms with Crippen LogP contribution >= 0.6 is 0 Å². The molecule has 14 heteroatoms. The van der Waals surface area contributed by atoms with Crippen molar-refractivity contribution in [2.24, 2.45) is 23.3 Å². The van der Waals surface area contributed by atoms with Crippen LogP contribution in [0.3, 0.4) is 0 Å². The summed E-state index contributed by atoms with van der Waals surface area (Å²) >= 11 is 0. The fourth-order valence-electron chi connectivity index (χ4n) is 4.33. The first-order chi connectivity index (χ1) is 18.1. The third kappa shape index (κ3) is 10.3. The van der Waals surface area contributed by atoms with Crippen molar-refractivity contribution in [2.75, 3.05) is 32.7 Å². The Morgan fingerprint density at radius 1 is 0.868 bits per heavy atom. The summed E-state index contributed by atoms with van der Waals surface area (Å²) in [4.78, 5) is 83.5. The highest BCUT2D eigenvalue weighted by atomic mass is 16.2. The molecule has 0 aromatic rings. The van der Waals surface area contributed by atoms with Crippen molar-refractivity contribution >= 4 is 41.4 Å². The maximum Gasteiger partial charge on any atom is 0.253 e. The lowest BCUT2D eigenvalue weighted by molar-refractivity contribution is -0.138. The molecule has 1 atom stereocenters. The van der Waals surface area contributed by atoms with Crippen LogP contribution in [0.25, 0.3) is 0 Å². The molecule has 0 spiro atoms. The first kappa shape index (κ1) is 30.4. The van der Waals surface area contributed by atoms with Gasteiger partial charge in [-0.05, 0) is 50.9 Å². The molecule has 38 heavy (non-hydrogen) atoms. The number of nitrogens with one attached hydrogen (secondary N) is 4. The van der Waals surface area contributed by atoms with Crippen LogP contribution in [0.2, 0.25) is 0 Å². The van der Waals surface area contributed by atoms with Crippen LogP contribution < -0.4 is 32.7 Å². The molecule has 0 saturated heterocycles. The molecular formula is C24H37N7O7. The molecule has 1 aliphatic heterocycles. The SMILES string of the molecule is NCC(=O)NCC(=O)NCC(=O)NC(CCCCNC(=O)C1CCC(CN2C(=O)C=CC2=O)CC1)C(N)=O. The van der Waals surface area contributed by atoms with Crippen molar-refractivity contribution in [3.63, 3.8) is 0 Å². The van der Waals surface area contributed by atoms with Gasteiger partial charge in [0.05, 0.1) is 19.6 Å². The van der Waals surface area contributed by atoms with Gasteiger partial charge in [0.25, 0.3) is 11.8 Å². The van der Waals surface area contributed by atoms with Gasteiger partial charge in [-0.2, -0.15) is 0 Å². The number of carbonyl (C=O) groups is 7. The van der Waals surface area contributed by atoms with Crippen molar-refractivity contribution in [1.29, 1.82) is 0 Å². The summed E-state index contributed by atoms with van der Waals surface area (Å²) in [5.41, 5.74) is 10.5. The Bertz CT molecular complexity index is 926. The number of imide groups is 1. The van der Waals surface area contributed by atoms with E-state index in [1.807, 2.05) is 0 Å². The van der Waals surface area contributed by atoms with E-state index < -0.39 is 29.7 Å². The number of hydrogen-bond acceptors (Lipinski definition) is 8. The van der Waals surface area contributed by atoms with Gasteiger partial charge < -0.3 is 32.7 Å². The molecule has 1 fully saturated rings. The van der Waals surface area contributed by atoms with Crippen LogP contribution in [0, 0.1) is 11.8 Å². The predicted octanol–water partition coefficient (Wildman–Crippen LogP) is -2.83. The van der Waals surface area contributed by atoms with Gasteiger partial charge in [-0.3, -0.25) is 38.5 Å². The number of nitrogens with zero attached hydrogens (tertiary/aromatic N) is 1. The average molecular weight is 536 g/mol. The van der Waals surface area contributed by atoms with E-state index in [2.05, 4.69) is 21.3 Å². The Hall–Kier alpha value is -3.81. The third-order valence-electron chi connectivity index (χ3n) is 6.53. The molecule has 1 heterocycles. The Morgan fingerprint density at radius 2 is 1.47 bits per heavy atom. The smallest absolute Gasteiger partial charge is 0.253 e. The van der Waals surface area contributed by atoms with Gasteiger partial charge in [0.15, 0.2) is 0 Å². The molecule has 0 radical (unpaired) electrons. The molecule has 2 aliphatic rings. The zero-order valence-electron chi connectivity index (χ0n) is 21.3. The normalized spacial score (nSPS) is 19.6. The van der Waals surface area contributed by atoms with Crippen LogP contribution in [0.5, 0.6) is 0 Å². The minimum absolute atomic E-state index is 0.0448. The highest BCUT2D eigenvalue weighted by Crippen LogP contribution is 2.30. The van der Waals surface area contributed by atoms with Gasteiger partial charge in [-0.1, -0.05) is 0 Å². The highest BCUT2D eigenvalue weighted by molar-refractivity contribution is 6.12. The number of hydrogen-bond donors (Lipinski definition) is 6. The maximum absolute atomic E-state index is 12.5. The van der Waals surface area contributed by atoms with Gasteiger partial charge in [-0.25, -0.2) is 0 Å². The number of rotatable bonds is 15. The summed E-state index contributed by atoms with van der Waals surface area (Å²) < 4.78 is 0. The molecule has 1 unspecified atom stereocenters. The summed E-state index contributed by atoms with van der Waals surface area (Å²) in [6.07, 6.45) is 6.81. The molecule has 210 valence electrons. The number of nitrogens with two attached hydrogens (primary N) is 2. The van der Waals surface area contributed by atoms with Crippen molar-refractivity contribution in [3.8, 4) is 0 Å². The number of carbonyl (C=O) groups excluding carboxylic acids is 7. The molecule has 7 amide bonds. The monoisotopic (exact) mass is 535 g/mol. The predicted molar refractivity (Wildman–Crippen MR) is 134 cm³/mol. The van der Waals surface area contributed by atoms with Gasteiger partial charge in [0.1, 0.15) is 6.04 Å². The van der Waals surface area contributed by atoms with E-state index in [-0.39, 0.29) is 55.6 Å². The topological polar surface area (TPSA) is 223 Å². The Balaban J connectivity index is 1.59. The molecule has 0 aromatic carbocycles. The molecule has 14 nitrogen and oxygen atoms in total. The Labute approximate surface area is 220 Å². The zero-order chi connectivity index (χ0) is 28.1. The standard InChI is InChI=1S/C24H37N7O7/c25-11-18(32)28-12-19(33)29-13-20(34)30-17(23(26)37)3-1-2-10-27-24(38)16-6-4-15(5-7-16)14-31-21(35)8-9-22(31)36/h8-9,15-17H,1-7,10-14,25H2,(H2,26,37)(H,27,38)(H,28,32)(H,29,33)(H,30,34). The van der Waals surface area contributed by atoms with Crippen LogP contribution in [-0.4, -0.2) is 85.0 Å². The molecule has 0 bridgehead atoms. The van der Waals surface area contributed by atoms with Crippen molar-refractivity contribution in [2.45, 2.75) is 51.0 Å². The molecule has 1 aliphatic carbocycles. The van der Waals surface area contributed by atoms with Crippen molar-refractivity contribution < 1.29 is 33.6 Å². The van der Waals surface area contributed by atoms with E-state index in [1.54, 1.807) is 0 Å². The molecule has 1 saturated carbocycles. The van der Waals surface area contributed by atoms with Crippen LogP contribution in [0.1, 0.15) is 44.9 Å². The summed E-state index contributed by atoms with van der Waals surface area (Å²) in [6, 6.07) is -0.924. The minimum atomic E-state index is -0.924. The Morgan fingerprint density at radius 3 is 2.08 bits per heavy atom. The summed E-state index contributed by atoms with van der Waals surface area (Å²) in [5, 5.41) is 9.93. The first-order valence-corrected chi connectivity index (χ1v) is 12.7. The van der Waals surface area contributed by atoms with Crippen molar-refractivity contribution in [1.82, 2.24) is 26.2 Å². The molecular weight excluding hydrogens is 498 g/mol. The van der Waals surface area contributed by atoms with Gasteiger partial charge in [0, 0.05) is 31.2 Å². The summed E-state index contributed by atoms with van der Waals surface area (Å²) in [6.45, 7) is -0.180. The van der Waals surface area contributed by atoms with E-state index in [9.17, 15) is 33.6 Å². The summed E-state index contributed by atoms with van der Waals surface area (Å²) in [5.74, 6) is -2.96. The van der Waals surface area contributed by atoms with Gasteiger partial charge in [-0.15, -0.1) is 0 Å². The summed E-state index contributed by atoms with van der Waals surface area (Å²) in [7, 11) is 0. The lowest BCUT2D eigenvalue weighted by Gasteiger charge is -2.30. The lowest BCUT2D eigenvalue weighted by atomic mass is 9.81. The highest BCUT2D eigenvalue weighted by Gasteiger charge is 2.31. The maximum atomic E-state index is 12.5. The van der Waals surface area contributed by atoms with Crippen LogP contribution in [-0.2, 0) is 33.6 Å². The van der Waals surface area contributed by atoms with Gasteiger partial charge >= 0.3 is 0 Å². The fourth-order valence-corrected chi connectivity index (χ4v) is 4.33. The van der Waals surface area contributed by atoms with Crippen LogP contribution in [0.4, 0.5) is 0 Å². The van der Waals surface area contributed by atoms with Crippen LogP contribution in [0.15, 0.2) is 12.2 Å². The quantitative estimate of drug-likeness (QED) is 0.0944. The lowest BCUT2D eigenvalue weighted by Crippen LogP contribution is -2.49. The first-order valence-electron chi connectivity index (χ1n) is 12.7. The van der Waals surface area contributed by atoms with E-state index in [4.69, 9.17) is 11.5 Å². The second kappa shape index (κ2) is 15.4. The largest absolute Gasteiger partial charge is 0.368 e. The zero-order valence-corrected chi connectivity index (χ0v) is 21.3. The number of unbranched alkanes of at least 4 members (excludes halogenated alkanes) is 1. The number of amides is 7. The average Bonchev–Trinajstić information content (AvgIpc) is 3.21. The molecule has 0 aromatic heterocycles. The van der Waals surface area contributed by atoms with E-state index in [0.717, 1.165) is 12.8 Å². The molecule has 8 N–H and O–H groups in total. The Kier molecular flexibility index (Phi) is 12.4. The number of primary amides is 1. The fraction of sp³-hybridized carbons (Fsp3) is 0.625. The van der Waals surface area contributed by atoms with Gasteiger partial charge in [0.2, 0.25) is 29.5 Å².